The molecule has 2 N–H and O–H groups in total. The van der Waals surface area contributed by atoms with Crippen molar-refractivity contribution in [1.82, 2.24) is 5.32 Å². The van der Waals surface area contributed by atoms with Gasteiger partial charge in [-0.25, -0.2) is 4.39 Å². The second kappa shape index (κ2) is 6.90. The third kappa shape index (κ3) is 3.25. The van der Waals surface area contributed by atoms with Crippen LogP contribution in [0.4, 0.5) is 28.9 Å². The number of hydrogen-bond donors (Lipinski definition) is 2. The molecule has 0 aromatic heterocycles. The minimum atomic E-state index is -4.58. The second-order valence-electron chi connectivity index (χ2n) is 8.26. The first kappa shape index (κ1) is 18.7. The fraction of sp³-hybridized carbons (Fsp3) is 0.455. The van der Waals surface area contributed by atoms with Crippen LogP contribution in [0.5, 0.6) is 0 Å². The van der Waals surface area contributed by atoms with Gasteiger partial charge in [0.1, 0.15) is 5.82 Å². The highest BCUT2D eigenvalue weighted by molar-refractivity contribution is 5.70. The Morgan fingerprint density at radius 2 is 2.03 bits per heavy atom. The van der Waals surface area contributed by atoms with E-state index in [1.54, 1.807) is 0 Å². The SMILES string of the molecule is Fc1cccc(C(F)(F)F)c1CNc1cc2c3c(c1)[C@@H]1CNC[C@@H]1CN3CCC2. The number of hydrogen-bond acceptors (Lipinski definition) is 3. The van der Waals surface area contributed by atoms with Crippen molar-refractivity contribution in [2.75, 3.05) is 36.4 Å². The molecule has 2 atom stereocenters. The van der Waals surface area contributed by atoms with Crippen molar-refractivity contribution in [2.24, 2.45) is 5.92 Å². The van der Waals surface area contributed by atoms with Crippen LogP contribution in [-0.2, 0) is 19.1 Å². The molecule has 0 spiro atoms. The fourth-order valence-corrected chi connectivity index (χ4v) is 5.20. The number of benzene rings is 2. The van der Waals surface area contributed by atoms with E-state index in [1.165, 1.54) is 16.8 Å². The third-order valence-electron chi connectivity index (χ3n) is 6.50. The second-order valence-corrected chi connectivity index (χ2v) is 8.26. The Morgan fingerprint density at radius 3 is 2.86 bits per heavy atom. The van der Waals surface area contributed by atoms with Gasteiger partial charge in [0.15, 0.2) is 0 Å². The highest BCUT2D eigenvalue weighted by Crippen LogP contribution is 2.46. The van der Waals surface area contributed by atoms with Gasteiger partial charge >= 0.3 is 6.18 Å². The van der Waals surface area contributed by atoms with Crippen molar-refractivity contribution in [3.8, 4) is 0 Å². The lowest BCUT2D eigenvalue weighted by Crippen LogP contribution is -2.41. The number of fused-ring (bicyclic) bond motifs is 2. The lowest BCUT2D eigenvalue weighted by molar-refractivity contribution is -0.138. The Balaban J connectivity index is 1.48. The topological polar surface area (TPSA) is 27.3 Å². The Labute approximate surface area is 167 Å². The molecule has 0 unspecified atom stereocenters. The number of nitrogens with one attached hydrogen (secondary N) is 2. The summed E-state index contributed by atoms with van der Waals surface area (Å²) in [5.41, 5.74) is 3.34. The molecule has 3 aliphatic heterocycles. The molecule has 29 heavy (non-hydrogen) atoms. The van der Waals surface area contributed by atoms with Crippen molar-refractivity contribution < 1.29 is 17.6 Å². The maximum absolute atomic E-state index is 14.2. The minimum absolute atomic E-state index is 0.199. The molecule has 0 radical (unpaired) electrons. The van der Waals surface area contributed by atoms with Crippen LogP contribution in [0, 0.1) is 11.7 Å². The Hall–Kier alpha value is -2.28. The van der Waals surface area contributed by atoms with Gasteiger partial charge in [-0.15, -0.1) is 0 Å². The van der Waals surface area contributed by atoms with Crippen molar-refractivity contribution in [3.05, 3.63) is 58.4 Å². The van der Waals surface area contributed by atoms with Crippen LogP contribution in [0.2, 0.25) is 0 Å². The molecule has 2 aromatic rings. The molecule has 3 heterocycles. The molecule has 0 amide bonds. The molecule has 0 saturated carbocycles. The van der Waals surface area contributed by atoms with Crippen molar-refractivity contribution in [1.29, 1.82) is 0 Å². The maximum Gasteiger partial charge on any atom is 0.416 e. The first-order valence-electron chi connectivity index (χ1n) is 10.1. The van der Waals surface area contributed by atoms with Gasteiger partial charge in [-0.2, -0.15) is 13.2 Å². The zero-order chi connectivity index (χ0) is 20.2. The van der Waals surface area contributed by atoms with E-state index in [2.05, 4.69) is 21.6 Å². The van der Waals surface area contributed by atoms with Crippen LogP contribution >= 0.6 is 0 Å². The summed E-state index contributed by atoms with van der Waals surface area (Å²) in [5, 5.41) is 6.56. The summed E-state index contributed by atoms with van der Waals surface area (Å²) in [4.78, 5) is 2.46. The number of nitrogens with zero attached hydrogens (tertiary/aromatic N) is 1. The van der Waals surface area contributed by atoms with Crippen LogP contribution in [0.15, 0.2) is 30.3 Å². The average molecular weight is 405 g/mol. The summed E-state index contributed by atoms with van der Waals surface area (Å²) in [7, 11) is 0. The van der Waals surface area contributed by atoms with E-state index >= 15 is 0 Å². The molecular formula is C22H23F4N3. The summed E-state index contributed by atoms with van der Waals surface area (Å²) in [6.45, 7) is 3.85. The van der Waals surface area contributed by atoms with E-state index in [-0.39, 0.29) is 12.1 Å². The van der Waals surface area contributed by atoms with Crippen molar-refractivity contribution >= 4 is 11.4 Å². The lowest BCUT2D eigenvalue weighted by Gasteiger charge is -2.42. The monoisotopic (exact) mass is 405 g/mol. The predicted octanol–water partition coefficient (Wildman–Crippen LogP) is 4.53. The Morgan fingerprint density at radius 1 is 1.17 bits per heavy atom. The van der Waals surface area contributed by atoms with Crippen LogP contribution in [-0.4, -0.2) is 26.2 Å². The smallest absolute Gasteiger partial charge is 0.381 e. The van der Waals surface area contributed by atoms with Gasteiger partial charge in [-0.3, -0.25) is 0 Å². The average Bonchev–Trinajstić information content (AvgIpc) is 3.15. The van der Waals surface area contributed by atoms with Crippen LogP contribution in [0.1, 0.15) is 34.6 Å². The summed E-state index contributed by atoms with van der Waals surface area (Å²) in [6, 6.07) is 7.21. The van der Waals surface area contributed by atoms with E-state index in [1.807, 2.05) is 6.07 Å². The molecule has 0 bridgehead atoms. The highest BCUT2D eigenvalue weighted by Gasteiger charge is 2.39. The molecule has 154 valence electrons. The number of halogens is 4. The van der Waals surface area contributed by atoms with Crippen LogP contribution in [0.3, 0.4) is 0 Å². The van der Waals surface area contributed by atoms with E-state index in [9.17, 15) is 17.6 Å². The normalized spacial score (nSPS) is 23.0. The summed E-state index contributed by atoms with van der Waals surface area (Å²) in [5.74, 6) is 0.156. The number of alkyl halides is 3. The highest BCUT2D eigenvalue weighted by atomic mass is 19.4. The van der Waals surface area contributed by atoms with Gasteiger partial charge in [0.05, 0.1) is 5.56 Å². The quantitative estimate of drug-likeness (QED) is 0.735. The molecular weight excluding hydrogens is 382 g/mol. The number of rotatable bonds is 3. The zero-order valence-electron chi connectivity index (χ0n) is 16.0. The lowest BCUT2D eigenvalue weighted by atomic mass is 9.80. The Bertz CT molecular complexity index is 940. The summed E-state index contributed by atoms with van der Waals surface area (Å²) in [6.07, 6.45) is -2.54. The van der Waals surface area contributed by atoms with Gasteiger partial charge in [0.25, 0.3) is 0 Å². The van der Waals surface area contributed by atoms with Gasteiger partial charge in [0, 0.05) is 55.6 Å². The predicted molar refractivity (Wildman–Crippen MR) is 105 cm³/mol. The van der Waals surface area contributed by atoms with Gasteiger partial charge < -0.3 is 15.5 Å². The molecule has 3 nitrogen and oxygen atoms in total. The molecule has 0 aliphatic carbocycles. The van der Waals surface area contributed by atoms with Gasteiger partial charge in [-0.05, 0) is 54.2 Å². The van der Waals surface area contributed by atoms with Gasteiger partial charge in [-0.1, -0.05) is 6.07 Å². The van der Waals surface area contributed by atoms with Crippen molar-refractivity contribution in [2.45, 2.75) is 31.5 Å². The minimum Gasteiger partial charge on any atom is -0.381 e. The molecule has 2 aromatic carbocycles. The van der Waals surface area contributed by atoms with E-state index in [0.717, 1.165) is 62.9 Å². The molecule has 3 aliphatic rings. The number of aryl methyl sites for hydroxylation is 1. The molecule has 1 fully saturated rings. The zero-order valence-corrected chi connectivity index (χ0v) is 16.0. The molecule has 7 heteroatoms. The largest absolute Gasteiger partial charge is 0.416 e. The third-order valence-corrected chi connectivity index (χ3v) is 6.50. The van der Waals surface area contributed by atoms with Gasteiger partial charge in [0.2, 0.25) is 0 Å². The van der Waals surface area contributed by atoms with Crippen LogP contribution < -0.4 is 15.5 Å². The molecule has 1 saturated heterocycles. The first-order chi connectivity index (χ1) is 13.9. The van der Waals surface area contributed by atoms with Crippen LogP contribution in [0.25, 0.3) is 0 Å². The summed E-state index contributed by atoms with van der Waals surface area (Å²) < 4.78 is 54.0. The van der Waals surface area contributed by atoms with Crippen molar-refractivity contribution in [3.63, 3.8) is 0 Å². The van der Waals surface area contributed by atoms with E-state index < -0.39 is 17.6 Å². The van der Waals surface area contributed by atoms with E-state index in [0.29, 0.717) is 11.8 Å². The Kier molecular flexibility index (Phi) is 4.46. The first-order valence-corrected chi connectivity index (χ1v) is 10.1. The standard InChI is InChI=1S/C22H23F4N3/c23-20-5-1-4-19(22(24,25)26)18(20)11-28-15-7-13-3-2-6-29-12-14-9-27-10-17(14)16(8-15)21(13)29/h1,4-5,7-8,14,17,27-28H,2-3,6,9-12H2/t14-,17-/m1/s1. The molecule has 5 rings (SSSR count). The maximum atomic E-state index is 14.2. The summed E-state index contributed by atoms with van der Waals surface area (Å²) >= 11 is 0. The number of anilines is 2. The van der Waals surface area contributed by atoms with E-state index in [4.69, 9.17) is 0 Å². The fourth-order valence-electron chi connectivity index (χ4n) is 5.20.